The van der Waals surface area contributed by atoms with Crippen LogP contribution in [0.3, 0.4) is 0 Å². The van der Waals surface area contributed by atoms with E-state index in [2.05, 4.69) is 25.3 Å². The molecule has 4 heteroatoms. The lowest BCUT2D eigenvalue weighted by molar-refractivity contribution is -0.131. The molecule has 18 heavy (non-hydrogen) atoms. The second-order valence-corrected chi connectivity index (χ2v) is 6.36. The van der Waals surface area contributed by atoms with Crippen LogP contribution in [-0.4, -0.2) is 24.4 Å². The fraction of sp³-hybridized carbons (Fsp3) is 0.643. The van der Waals surface area contributed by atoms with Gasteiger partial charge in [0.2, 0.25) is 5.91 Å². The van der Waals surface area contributed by atoms with Gasteiger partial charge in [0.25, 0.3) is 0 Å². The van der Waals surface area contributed by atoms with Crippen LogP contribution in [-0.2, 0) is 11.3 Å². The maximum atomic E-state index is 12.0. The SMILES string of the molecule is CN(Cc1ccsc1)C(=O)CCC(C)(C)CCN. The minimum Gasteiger partial charge on any atom is -0.341 e. The molecule has 0 aliphatic heterocycles. The molecule has 1 amide bonds. The second-order valence-electron chi connectivity index (χ2n) is 5.58. The van der Waals surface area contributed by atoms with Crippen LogP contribution >= 0.6 is 11.3 Å². The van der Waals surface area contributed by atoms with Gasteiger partial charge in [0, 0.05) is 20.0 Å². The number of hydrogen-bond acceptors (Lipinski definition) is 3. The summed E-state index contributed by atoms with van der Waals surface area (Å²) in [5.74, 6) is 0.214. The fourth-order valence-corrected chi connectivity index (χ4v) is 2.56. The van der Waals surface area contributed by atoms with E-state index >= 15 is 0 Å². The van der Waals surface area contributed by atoms with E-state index in [0.29, 0.717) is 19.5 Å². The van der Waals surface area contributed by atoms with E-state index in [1.807, 2.05) is 12.4 Å². The van der Waals surface area contributed by atoms with Crippen molar-refractivity contribution in [3.63, 3.8) is 0 Å². The average molecular weight is 268 g/mol. The molecule has 1 aromatic rings. The third kappa shape index (κ3) is 5.19. The van der Waals surface area contributed by atoms with Crippen molar-refractivity contribution < 1.29 is 4.79 Å². The molecule has 0 atom stereocenters. The second kappa shape index (κ2) is 6.90. The molecule has 0 bridgehead atoms. The summed E-state index contributed by atoms with van der Waals surface area (Å²) in [4.78, 5) is 13.8. The number of nitrogens with two attached hydrogens (primary N) is 1. The molecule has 3 nitrogen and oxygen atoms in total. The lowest BCUT2D eigenvalue weighted by Crippen LogP contribution is -2.27. The number of nitrogens with zero attached hydrogens (tertiary/aromatic N) is 1. The van der Waals surface area contributed by atoms with E-state index in [1.165, 1.54) is 5.56 Å². The summed E-state index contributed by atoms with van der Waals surface area (Å²) in [6.07, 6.45) is 2.47. The van der Waals surface area contributed by atoms with E-state index < -0.39 is 0 Å². The van der Waals surface area contributed by atoms with Gasteiger partial charge in [-0.05, 0) is 47.2 Å². The molecule has 0 aromatic carbocycles. The lowest BCUT2D eigenvalue weighted by Gasteiger charge is -2.25. The molecule has 1 rings (SSSR count). The number of hydrogen-bond donors (Lipinski definition) is 1. The van der Waals surface area contributed by atoms with Crippen molar-refractivity contribution in [1.82, 2.24) is 4.90 Å². The molecule has 0 aliphatic carbocycles. The Balaban J connectivity index is 2.36. The van der Waals surface area contributed by atoms with Gasteiger partial charge in [-0.1, -0.05) is 13.8 Å². The number of carbonyl (C=O) groups excluding carboxylic acids is 1. The summed E-state index contributed by atoms with van der Waals surface area (Å²) in [7, 11) is 1.87. The molecule has 0 aliphatic rings. The standard InChI is InChI=1S/C14H24N2OS/c1-14(2,7-8-15)6-4-13(17)16(3)10-12-5-9-18-11-12/h5,9,11H,4,6-8,10,15H2,1-3H3. The lowest BCUT2D eigenvalue weighted by atomic mass is 9.84. The molecular weight excluding hydrogens is 244 g/mol. The molecule has 2 N–H and O–H groups in total. The largest absolute Gasteiger partial charge is 0.341 e. The van der Waals surface area contributed by atoms with Crippen LogP contribution in [0, 0.1) is 5.41 Å². The highest BCUT2D eigenvalue weighted by atomic mass is 32.1. The van der Waals surface area contributed by atoms with Crippen molar-refractivity contribution in [3.05, 3.63) is 22.4 Å². The summed E-state index contributed by atoms with van der Waals surface area (Å²) < 4.78 is 0. The van der Waals surface area contributed by atoms with Crippen molar-refractivity contribution in [1.29, 1.82) is 0 Å². The number of amides is 1. The van der Waals surface area contributed by atoms with Gasteiger partial charge >= 0.3 is 0 Å². The first kappa shape index (κ1) is 15.2. The van der Waals surface area contributed by atoms with Crippen LogP contribution in [0.1, 0.15) is 38.7 Å². The summed E-state index contributed by atoms with van der Waals surface area (Å²) in [5.41, 5.74) is 6.94. The quantitative estimate of drug-likeness (QED) is 0.826. The maximum absolute atomic E-state index is 12.0. The Morgan fingerprint density at radius 1 is 1.44 bits per heavy atom. The average Bonchev–Trinajstić information content (AvgIpc) is 2.78. The van der Waals surface area contributed by atoms with Crippen LogP contribution in [0.5, 0.6) is 0 Å². The minimum absolute atomic E-state index is 0.160. The predicted molar refractivity (Wildman–Crippen MR) is 77.5 cm³/mol. The van der Waals surface area contributed by atoms with Crippen LogP contribution in [0.15, 0.2) is 16.8 Å². The topological polar surface area (TPSA) is 46.3 Å². The van der Waals surface area contributed by atoms with E-state index in [4.69, 9.17) is 5.73 Å². The molecular formula is C14H24N2OS. The van der Waals surface area contributed by atoms with Gasteiger partial charge in [-0.3, -0.25) is 4.79 Å². The van der Waals surface area contributed by atoms with Crippen LogP contribution in [0.25, 0.3) is 0 Å². The van der Waals surface area contributed by atoms with Gasteiger partial charge in [0.1, 0.15) is 0 Å². The van der Waals surface area contributed by atoms with E-state index in [-0.39, 0.29) is 11.3 Å². The zero-order valence-electron chi connectivity index (χ0n) is 11.6. The molecule has 102 valence electrons. The van der Waals surface area contributed by atoms with Crippen LogP contribution in [0.4, 0.5) is 0 Å². The summed E-state index contributed by atoms with van der Waals surface area (Å²) in [6.45, 7) is 5.74. The molecule has 0 fully saturated rings. The van der Waals surface area contributed by atoms with Crippen molar-refractivity contribution in [2.75, 3.05) is 13.6 Å². The Bertz CT molecular complexity index is 360. The summed E-state index contributed by atoms with van der Waals surface area (Å²) >= 11 is 1.67. The molecule has 0 saturated carbocycles. The van der Waals surface area contributed by atoms with E-state index in [9.17, 15) is 4.79 Å². The first-order valence-electron chi connectivity index (χ1n) is 6.40. The molecule has 0 unspecified atom stereocenters. The molecule has 1 aromatic heterocycles. The third-order valence-corrected chi connectivity index (χ3v) is 3.99. The Kier molecular flexibility index (Phi) is 5.82. The van der Waals surface area contributed by atoms with E-state index in [0.717, 1.165) is 12.8 Å². The monoisotopic (exact) mass is 268 g/mol. The van der Waals surface area contributed by atoms with Gasteiger partial charge in [0.15, 0.2) is 0 Å². The molecule has 0 radical (unpaired) electrons. The highest BCUT2D eigenvalue weighted by molar-refractivity contribution is 7.07. The van der Waals surface area contributed by atoms with Gasteiger partial charge < -0.3 is 10.6 Å². The number of thiophene rings is 1. The third-order valence-electron chi connectivity index (χ3n) is 3.26. The minimum atomic E-state index is 0.160. The zero-order valence-corrected chi connectivity index (χ0v) is 12.4. The Labute approximate surface area is 114 Å². The maximum Gasteiger partial charge on any atom is 0.222 e. The zero-order chi connectivity index (χ0) is 13.6. The number of carbonyl (C=O) groups is 1. The fourth-order valence-electron chi connectivity index (χ4n) is 1.90. The van der Waals surface area contributed by atoms with Gasteiger partial charge in [-0.2, -0.15) is 11.3 Å². The number of rotatable bonds is 7. The van der Waals surface area contributed by atoms with Crippen molar-refractivity contribution in [3.8, 4) is 0 Å². The highest BCUT2D eigenvalue weighted by Gasteiger charge is 2.19. The van der Waals surface area contributed by atoms with Crippen LogP contribution < -0.4 is 5.73 Å². The van der Waals surface area contributed by atoms with Gasteiger partial charge in [-0.15, -0.1) is 0 Å². The van der Waals surface area contributed by atoms with Crippen molar-refractivity contribution >= 4 is 17.2 Å². The highest BCUT2D eigenvalue weighted by Crippen LogP contribution is 2.26. The molecule has 1 heterocycles. The van der Waals surface area contributed by atoms with Crippen molar-refractivity contribution in [2.24, 2.45) is 11.1 Å². The van der Waals surface area contributed by atoms with E-state index in [1.54, 1.807) is 16.2 Å². The predicted octanol–water partition coefficient (Wildman–Crippen LogP) is 2.86. The first-order valence-corrected chi connectivity index (χ1v) is 7.34. The Hall–Kier alpha value is -0.870. The first-order chi connectivity index (χ1) is 8.44. The molecule has 0 saturated heterocycles. The van der Waals surface area contributed by atoms with Gasteiger partial charge in [0.05, 0.1) is 0 Å². The van der Waals surface area contributed by atoms with Crippen LogP contribution in [0.2, 0.25) is 0 Å². The summed E-state index contributed by atoms with van der Waals surface area (Å²) in [6, 6.07) is 2.06. The summed E-state index contributed by atoms with van der Waals surface area (Å²) in [5, 5.41) is 4.13. The smallest absolute Gasteiger partial charge is 0.222 e. The Morgan fingerprint density at radius 2 is 2.17 bits per heavy atom. The Morgan fingerprint density at radius 3 is 2.72 bits per heavy atom. The normalized spacial score (nSPS) is 11.6. The van der Waals surface area contributed by atoms with Gasteiger partial charge in [-0.25, -0.2) is 0 Å². The van der Waals surface area contributed by atoms with Crippen molar-refractivity contribution in [2.45, 2.75) is 39.7 Å². The molecule has 0 spiro atoms.